The first-order chi connectivity index (χ1) is 12.6. The zero-order valence-corrected chi connectivity index (χ0v) is 14.3. The van der Waals surface area contributed by atoms with Gasteiger partial charge < -0.3 is 9.73 Å². The quantitative estimate of drug-likeness (QED) is 0.407. The molecule has 5 nitrogen and oxygen atoms in total. The van der Waals surface area contributed by atoms with Crippen LogP contribution < -0.4 is 10.7 Å². The van der Waals surface area contributed by atoms with E-state index in [9.17, 15) is 8.78 Å². The van der Waals surface area contributed by atoms with Crippen LogP contribution in [0.15, 0.2) is 64.2 Å². The van der Waals surface area contributed by atoms with Gasteiger partial charge in [-0.15, -0.1) is 0 Å². The summed E-state index contributed by atoms with van der Waals surface area (Å²) in [5.74, 6) is -0.597. The lowest BCUT2D eigenvalue weighted by Gasteiger charge is -2.05. The van der Waals surface area contributed by atoms with Crippen LogP contribution in [0.4, 0.5) is 8.78 Å². The van der Waals surface area contributed by atoms with Gasteiger partial charge in [-0.1, -0.05) is 6.07 Å². The number of aromatic nitrogens is 1. The highest BCUT2D eigenvalue weighted by atomic mass is 32.1. The van der Waals surface area contributed by atoms with Crippen LogP contribution in [0.25, 0.3) is 11.3 Å². The van der Waals surface area contributed by atoms with Crippen molar-refractivity contribution in [3.63, 3.8) is 0 Å². The van der Waals surface area contributed by atoms with E-state index in [2.05, 4.69) is 20.8 Å². The number of benzene rings is 1. The van der Waals surface area contributed by atoms with Crippen molar-refractivity contribution in [1.29, 1.82) is 0 Å². The fourth-order valence-electron chi connectivity index (χ4n) is 2.14. The smallest absolute Gasteiger partial charge is 0.187 e. The predicted octanol–water partition coefficient (Wildman–Crippen LogP) is 3.62. The number of furan rings is 1. The predicted molar refractivity (Wildman–Crippen MR) is 98.5 cm³/mol. The summed E-state index contributed by atoms with van der Waals surface area (Å²) in [4.78, 5) is 4.17. The SMILES string of the molecule is Fc1cc(F)cc(-c2ccc(/C=N/NC(=S)NCc3ccccn3)o2)c1. The molecule has 8 heteroatoms. The average molecular weight is 372 g/mol. The average Bonchev–Trinajstić information content (AvgIpc) is 3.09. The van der Waals surface area contributed by atoms with Gasteiger partial charge in [-0.3, -0.25) is 10.4 Å². The summed E-state index contributed by atoms with van der Waals surface area (Å²) >= 11 is 5.10. The van der Waals surface area contributed by atoms with E-state index in [-0.39, 0.29) is 0 Å². The maximum absolute atomic E-state index is 13.3. The van der Waals surface area contributed by atoms with Crippen LogP contribution in [-0.4, -0.2) is 16.3 Å². The van der Waals surface area contributed by atoms with Gasteiger partial charge in [0.1, 0.15) is 23.2 Å². The summed E-state index contributed by atoms with van der Waals surface area (Å²) in [5, 5.41) is 7.24. The molecule has 0 atom stereocenters. The number of pyridine rings is 1. The van der Waals surface area contributed by atoms with E-state index in [0.717, 1.165) is 11.8 Å². The molecule has 0 amide bonds. The Bertz CT molecular complexity index is 908. The second-order valence-electron chi connectivity index (χ2n) is 5.23. The van der Waals surface area contributed by atoms with Gasteiger partial charge in [-0.2, -0.15) is 5.10 Å². The Kier molecular flexibility index (Phi) is 5.65. The van der Waals surface area contributed by atoms with Gasteiger partial charge in [-0.25, -0.2) is 8.78 Å². The molecule has 0 spiro atoms. The largest absolute Gasteiger partial charge is 0.455 e. The molecule has 3 rings (SSSR count). The maximum Gasteiger partial charge on any atom is 0.187 e. The number of rotatable bonds is 5. The Hall–Kier alpha value is -3.13. The molecule has 0 saturated heterocycles. The maximum atomic E-state index is 13.3. The lowest BCUT2D eigenvalue weighted by Crippen LogP contribution is -2.31. The second-order valence-corrected chi connectivity index (χ2v) is 5.64. The molecule has 0 unspecified atom stereocenters. The molecule has 0 saturated carbocycles. The molecule has 2 N–H and O–H groups in total. The fraction of sp³-hybridized carbons (Fsp3) is 0.0556. The van der Waals surface area contributed by atoms with Gasteiger partial charge in [0.05, 0.1) is 18.5 Å². The Labute approximate surface area is 153 Å². The molecule has 26 heavy (non-hydrogen) atoms. The second kappa shape index (κ2) is 8.30. The minimum atomic E-state index is -0.669. The van der Waals surface area contributed by atoms with Crippen LogP contribution in [0.5, 0.6) is 0 Å². The van der Waals surface area contributed by atoms with Crippen molar-refractivity contribution in [1.82, 2.24) is 15.7 Å². The molecule has 1 aromatic carbocycles. The zero-order valence-electron chi connectivity index (χ0n) is 13.4. The number of halogens is 2. The summed E-state index contributed by atoms with van der Waals surface area (Å²) in [6, 6.07) is 12.0. The highest BCUT2D eigenvalue weighted by Gasteiger charge is 2.07. The number of thiocarbonyl (C=S) groups is 1. The third-order valence-electron chi connectivity index (χ3n) is 3.29. The Morgan fingerprint density at radius 1 is 1.15 bits per heavy atom. The molecular weight excluding hydrogens is 358 g/mol. The highest BCUT2D eigenvalue weighted by molar-refractivity contribution is 7.80. The minimum Gasteiger partial charge on any atom is -0.455 e. The Balaban J connectivity index is 1.54. The third kappa shape index (κ3) is 4.93. The number of nitrogens with zero attached hydrogens (tertiary/aromatic N) is 2. The van der Waals surface area contributed by atoms with Gasteiger partial charge in [0, 0.05) is 17.8 Å². The lowest BCUT2D eigenvalue weighted by atomic mass is 10.1. The molecule has 3 aromatic rings. The lowest BCUT2D eigenvalue weighted by molar-refractivity contribution is 0.564. The van der Waals surface area contributed by atoms with E-state index in [4.69, 9.17) is 16.6 Å². The van der Waals surface area contributed by atoms with Gasteiger partial charge in [0.2, 0.25) is 0 Å². The number of hydrogen-bond acceptors (Lipinski definition) is 4. The van der Waals surface area contributed by atoms with Crippen LogP contribution >= 0.6 is 12.2 Å². The molecular formula is C18H14F2N4OS. The van der Waals surface area contributed by atoms with E-state index in [1.54, 1.807) is 18.3 Å². The molecule has 0 aliphatic heterocycles. The van der Waals surface area contributed by atoms with Crippen LogP contribution in [-0.2, 0) is 6.54 Å². The molecule has 0 radical (unpaired) electrons. The Morgan fingerprint density at radius 3 is 2.69 bits per heavy atom. The standard InChI is InChI=1S/C18H14F2N4OS/c19-13-7-12(8-14(20)9-13)17-5-4-16(25-17)11-23-24-18(26)22-10-15-3-1-2-6-21-15/h1-9,11H,10H2,(H2,22,24,26)/b23-11+. The van der Waals surface area contributed by atoms with Gasteiger partial charge >= 0.3 is 0 Å². The van der Waals surface area contributed by atoms with Crippen molar-refractivity contribution in [2.45, 2.75) is 6.54 Å². The van der Waals surface area contributed by atoms with Crippen molar-refractivity contribution in [2.75, 3.05) is 0 Å². The van der Waals surface area contributed by atoms with Crippen LogP contribution in [0.1, 0.15) is 11.5 Å². The monoisotopic (exact) mass is 372 g/mol. The van der Waals surface area contributed by atoms with Crippen molar-refractivity contribution >= 4 is 23.5 Å². The van der Waals surface area contributed by atoms with E-state index in [0.29, 0.717) is 28.7 Å². The summed E-state index contributed by atoms with van der Waals surface area (Å²) in [7, 11) is 0. The number of nitrogens with one attached hydrogen (secondary N) is 2. The number of hydrogen-bond donors (Lipinski definition) is 2. The fourth-order valence-corrected chi connectivity index (χ4v) is 2.27. The molecule has 132 valence electrons. The van der Waals surface area contributed by atoms with E-state index in [1.807, 2.05) is 18.2 Å². The van der Waals surface area contributed by atoms with Crippen LogP contribution in [0.2, 0.25) is 0 Å². The van der Waals surface area contributed by atoms with Crippen LogP contribution in [0.3, 0.4) is 0 Å². The van der Waals surface area contributed by atoms with E-state index in [1.165, 1.54) is 18.3 Å². The van der Waals surface area contributed by atoms with Crippen molar-refractivity contribution in [3.8, 4) is 11.3 Å². The number of hydrazone groups is 1. The normalized spacial score (nSPS) is 10.8. The molecule has 0 aliphatic carbocycles. The van der Waals surface area contributed by atoms with Crippen molar-refractivity contribution in [2.24, 2.45) is 5.10 Å². The first-order valence-corrected chi connectivity index (χ1v) is 8.04. The van der Waals surface area contributed by atoms with E-state index >= 15 is 0 Å². The van der Waals surface area contributed by atoms with Crippen molar-refractivity contribution in [3.05, 3.63) is 77.8 Å². The molecule has 2 heterocycles. The first kappa shape index (κ1) is 17.7. The first-order valence-electron chi connectivity index (χ1n) is 7.63. The molecule has 0 aliphatic rings. The van der Waals surface area contributed by atoms with Gasteiger partial charge in [0.15, 0.2) is 5.11 Å². The summed E-state index contributed by atoms with van der Waals surface area (Å²) < 4.78 is 32.0. The summed E-state index contributed by atoms with van der Waals surface area (Å²) in [5.41, 5.74) is 3.80. The van der Waals surface area contributed by atoms with Crippen molar-refractivity contribution < 1.29 is 13.2 Å². The van der Waals surface area contributed by atoms with E-state index < -0.39 is 11.6 Å². The summed E-state index contributed by atoms with van der Waals surface area (Å²) in [6.07, 6.45) is 3.11. The molecule has 0 bridgehead atoms. The zero-order chi connectivity index (χ0) is 18.4. The molecule has 0 fully saturated rings. The summed E-state index contributed by atoms with van der Waals surface area (Å²) in [6.45, 7) is 0.470. The van der Waals surface area contributed by atoms with Crippen LogP contribution in [0, 0.1) is 11.6 Å². The Morgan fingerprint density at radius 2 is 1.96 bits per heavy atom. The van der Waals surface area contributed by atoms with Gasteiger partial charge in [-0.05, 0) is 48.6 Å². The highest BCUT2D eigenvalue weighted by Crippen LogP contribution is 2.23. The topological polar surface area (TPSA) is 62.5 Å². The third-order valence-corrected chi connectivity index (χ3v) is 3.52. The van der Waals surface area contributed by atoms with Gasteiger partial charge in [0.25, 0.3) is 0 Å². The molecule has 2 aromatic heterocycles. The minimum absolute atomic E-state index is 0.308.